The molecule has 0 saturated carbocycles. The lowest BCUT2D eigenvalue weighted by atomic mass is 10.1. The SMILES string of the molecule is CCCNCc1ccc(N2CC(C)C(N(C)C)C2)cc1C. The summed E-state index contributed by atoms with van der Waals surface area (Å²) < 4.78 is 0. The van der Waals surface area contributed by atoms with Gasteiger partial charge in [-0.05, 0) is 63.2 Å². The van der Waals surface area contributed by atoms with Crippen molar-refractivity contribution in [1.82, 2.24) is 10.2 Å². The molecule has 1 aromatic rings. The molecular formula is C18H31N3. The number of hydrogen-bond donors (Lipinski definition) is 1. The zero-order valence-electron chi connectivity index (χ0n) is 14.3. The Morgan fingerprint density at radius 1 is 1.29 bits per heavy atom. The Morgan fingerprint density at radius 3 is 2.62 bits per heavy atom. The summed E-state index contributed by atoms with van der Waals surface area (Å²) in [6.07, 6.45) is 1.19. The van der Waals surface area contributed by atoms with Crippen molar-refractivity contribution in [2.24, 2.45) is 5.92 Å². The zero-order chi connectivity index (χ0) is 15.4. The number of aryl methyl sites for hydroxylation is 1. The van der Waals surface area contributed by atoms with E-state index in [2.05, 4.69) is 68.2 Å². The lowest BCUT2D eigenvalue weighted by Crippen LogP contribution is -2.34. The second kappa shape index (κ2) is 7.28. The second-order valence-electron chi connectivity index (χ2n) is 6.70. The fourth-order valence-corrected chi connectivity index (χ4v) is 3.31. The fraction of sp³-hybridized carbons (Fsp3) is 0.667. The molecule has 1 heterocycles. The van der Waals surface area contributed by atoms with E-state index in [9.17, 15) is 0 Å². The van der Waals surface area contributed by atoms with E-state index in [0.717, 1.165) is 32.1 Å². The molecular weight excluding hydrogens is 258 g/mol. The fourth-order valence-electron chi connectivity index (χ4n) is 3.31. The normalized spacial score (nSPS) is 22.3. The molecule has 0 aliphatic carbocycles. The molecule has 1 N–H and O–H groups in total. The molecule has 0 amide bonds. The number of anilines is 1. The van der Waals surface area contributed by atoms with Crippen molar-refractivity contribution in [1.29, 1.82) is 0 Å². The van der Waals surface area contributed by atoms with Crippen LogP contribution in [0.15, 0.2) is 18.2 Å². The van der Waals surface area contributed by atoms with E-state index in [0.29, 0.717) is 6.04 Å². The summed E-state index contributed by atoms with van der Waals surface area (Å²) in [7, 11) is 4.39. The summed E-state index contributed by atoms with van der Waals surface area (Å²) in [6.45, 7) is 11.2. The predicted molar refractivity (Wildman–Crippen MR) is 92.0 cm³/mol. The van der Waals surface area contributed by atoms with Crippen molar-refractivity contribution in [2.75, 3.05) is 38.6 Å². The van der Waals surface area contributed by atoms with Crippen molar-refractivity contribution in [3.8, 4) is 0 Å². The largest absolute Gasteiger partial charge is 0.370 e. The Kier molecular flexibility index (Phi) is 5.65. The third-order valence-corrected chi connectivity index (χ3v) is 4.67. The lowest BCUT2D eigenvalue weighted by molar-refractivity contribution is 0.266. The van der Waals surface area contributed by atoms with Crippen LogP contribution in [0.3, 0.4) is 0 Å². The molecule has 1 saturated heterocycles. The summed E-state index contributed by atoms with van der Waals surface area (Å²) in [6, 6.07) is 7.60. The summed E-state index contributed by atoms with van der Waals surface area (Å²) in [5.74, 6) is 0.728. The van der Waals surface area contributed by atoms with Crippen LogP contribution in [-0.2, 0) is 6.54 Å². The highest BCUT2D eigenvalue weighted by Gasteiger charge is 2.31. The maximum Gasteiger partial charge on any atom is 0.0369 e. The van der Waals surface area contributed by atoms with Gasteiger partial charge in [0.25, 0.3) is 0 Å². The number of benzene rings is 1. The Hall–Kier alpha value is -1.06. The number of hydrogen-bond acceptors (Lipinski definition) is 3. The van der Waals surface area contributed by atoms with Crippen molar-refractivity contribution >= 4 is 5.69 Å². The molecule has 2 unspecified atom stereocenters. The Morgan fingerprint density at radius 2 is 2.05 bits per heavy atom. The van der Waals surface area contributed by atoms with Gasteiger partial charge in [0.15, 0.2) is 0 Å². The van der Waals surface area contributed by atoms with Crippen LogP contribution in [-0.4, -0.2) is 44.7 Å². The first-order chi connectivity index (χ1) is 10.0. The van der Waals surface area contributed by atoms with Gasteiger partial charge in [-0.2, -0.15) is 0 Å². The molecule has 0 aromatic heterocycles. The maximum atomic E-state index is 3.49. The quantitative estimate of drug-likeness (QED) is 0.812. The van der Waals surface area contributed by atoms with Crippen LogP contribution < -0.4 is 10.2 Å². The molecule has 0 bridgehead atoms. The summed E-state index contributed by atoms with van der Waals surface area (Å²) in [5, 5.41) is 3.49. The number of likely N-dealkylation sites (N-methyl/N-ethyl adjacent to an activating group) is 1. The predicted octanol–water partition coefficient (Wildman–Crippen LogP) is 2.88. The third kappa shape index (κ3) is 3.98. The number of rotatable bonds is 6. The molecule has 0 spiro atoms. The number of nitrogens with one attached hydrogen (secondary N) is 1. The second-order valence-corrected chi connectivity index (χ2v) is 6.70. The van der Waals surface area contributed by atoms with Crippen molar-refractivity contribution in [3.05, 3.63) is 29.3 Å². The Balaban J connectivity index is 2.03. The van der Waals surface area contributed by atoms with Crippen LogP contribution in [0.2, 0.25) is 0 Å². The standard InChI is InChI=1S/C18H31N3/c1-6-9-19-11-16-7-8-17(10-14(16)2)21-12-15(3)18(13-21)20(4)5/h7-8,10,15,18-19H,6,9,11-13H2,1-5H3. The van der Waals surface area contributed by atoms with Crippen molar-refractivity contribution in [2.45, 2.75) is 39.8 Å². The van der Waals surface area contributed by atoms with Crippen LogP contribution in [0, 0.1) is 12.8 Å². The highest BCUT2D eigenvalue weighted by molar-refractivity contribution is 5.52. The van der Waals surface area contributed by atoms with Crippen molar-refractivity contribution < 1.29 is 0 Å². The smallest absolute Gasteiger partial charge is 0.0369 e. The summed E-state index contributed by atoms with van der Waals surface area (Å²) in [4.78, 5) is 4.89. The van der Waals surface area contributed by atoms with Crippen LogP contribution in [0.5, 0.6) is 0 Å². The topological polar surface area (TPSA) is 18.5 Å². The van der Waals surface area contributed by atoms with Crippen LogP contribution in [0.25, 0.3) is 0 Å². The minimum Gasteiger partial charge on any atom is -0.370 e. The highest BCUT2D eigenvalue weighted by atomic mass is 15.2. The van der Waals surface area contributed by atoms with Gasteiger partial charge in [-0.3, -0.25) is 0 Å². The number of nitrogens with zero attached hydrogens (tertiary/aromatic N) is 2. The van der Waals surface area contributed by atoms with Gasteiger partial charge < -0.3 is 15.1 Å². The molecule has 118 valence electrons. The molecule has 0 radical (unpaired) electrons. The minimum absolute atomic E-state index is 0.663. The minimum atomic E-state index is 0.663. The lowest BCUT2D eigenvalue weighted by Gasteiger charge is -2.23. The van der Waals surface area contributed by atoms with E-state index in [1.165, 1.54) is 23.2 Å². The molecule has 3 nitrogen and oxygen atoms in total. The van der Waals surface area contributed by atoms with Crippen LogP contribution >= 0.6 is 0 Å². The van der Waals surface area contributed by atoms with E-state index in [1.54, 1.807) is 0 Å². The molecule has 2 rings (SSSR count). The van der Waals surface area contributed by atoms with E-state index in [-0.39, 0.29) is 0 Å². The van der Waals surface area contributed by atoms with Gasteiger partial charge in [0.2, 0.25) is 0 Å². The van der Waals surface area contributed by atoms with E-state index >= 15 is 0 Å². The van der Waals surface area contributed by atoms with Crippen molar-refractivity contribution in [3.63, 3.8) is 0 Å². The van der Waals surface area contributed by atoms with E-state index in [1.807, 2.05) is 0 Å². The van der Waals surface area contributed by atoms with Gasteiger partial charge in [0.1, 0.15) is 0 Å². The zero-order valence-corrected chi connectivity index (χ0v) is 14.3. The Labute approximate surface area is 130 Å². The van der Waals surface area contributed by atoms with E-state index in [4.69, 9.17) is 0 Å². The Bertz CT molecular complexity index is 456. The van der Waals surface area contributed by atoms with Gasteiger partial charge >= 0.3 is 0 Å². The van der Waals surface area contributed by atoms with Crippen LogP contribution in [0.4, 0.5) is 5.69 Å². The molecule has 1 aliphatic heterocycles. The third-order valence-electron chi connectivity index (χ3n) is 4.67. The summed E-state index contributed by atoms with van der Waals surface area (Å²) >= 11 is 0. The molecule has 1 aliphatic rings. The first-order valence-electron chi connectivity index (χ1n) is 8.24. The first kappa shape index (κ1) is 16.3. The van der Waals surface area contributed by atoms with Gasteiger partial charge in [0, 0.05) is 31.4 Å². The molecule has 21 heavy (non-hydrogen) atoms. The molecule has 2 atom stereocenters. The van der Waals surface area contributed by atoms with Gasteiger partial charge in [-0.1, -0.05) is 19.9 Å². The molecule has 1 aromatic carbocycles. The van der Waals surface area contributed by atoms with Crippen LogP contribution in [0.1, 0.15) is 31.4 Å². The average molecular weight is 289 g/mol. The molecule has 1 fully saturated rings. The van der Waals surface area contributed by atoms with Gasteiger partial charge in [-0.25, -0.2) is 0 Å². The highest BCUT2D eigenvalue weighted by Crippen LogP contribution is 2.27. The summed E-state index contributed by atoms with van der Waals surface area (Å²) in [5.41, 5.74) is 4.20. The van der Waals surface area contributed by atoms with Gasteiger partial charge in [0.05, 0.1) is 0 Å². The first-order valence-corrected chi connectivity index (χ1v) is 8.24. The maximum absolute atomic E-state index is 3.49. The van der Waals surface area contributed by atoms with Gasteiger partial charge in [-0.15, -0.1) is 0 Å². The van der Waals surface area contributed by atoms with E-state index < -0.39 is 0 Å². The average Bonchev–Trinajstić information content (AvgIpc) is 2.83. The molecule has 3 heteroatoms. The monoisotopic (exact) mass is 289 g/mol.